The lowest BCUT2D eigenvalue weighted by Crippen LogP contribution is -2.45. The molecule has 4 rings (SSSR count). The maximum absolute atomic E-state index is 13.4. The van der Waals surface area contributed by atoms with Crippen LogP contribution >= 0.6 is 0 Å². The molecule has 0 radical (unpaired) electrons. The van der Waals surface area contributed by atoms with E-state index < -0.39 is 11.9 Å². The number of imide groups is 1. The van der Waals surface area contributed by atoms with E-state index in [4.69, 9.17) is 0 Å². The monoisotopic (exact) mass is 390 g/mol. The Hall–Kier alpha value is -3.48. The van der Waals surface area contributed by atoms with Gasteiger partial charge in [0.2, 0.25) is 11.8 Å². The SMILES string of the molecule is Cc1ccc(CNc2cccc3nc(C)n(C4CCC(=O)NC4=O)c(=O)c23)cc1. The van der Waals surface area contributed by atoms with Crippen molar-refractivity contribution >= 4 is 28.4 Å². The molecule has 1 fully saturated rings. The molecule has 29 heavy (non-hydrogen) atoms. The van der Waals surface area contributed by atoms with Gasteiger partial charge in [0.05, 0.1) is 10.9 Å². The number of amides is 2. The van der Waals surface area contributed by atoms with E-state index in [-0.39, 0.29) is 24.3 Å². The summed E-state index contributed by atoms with van der Waals surface area (Å²) in [4.78, 5) is 41.7. The predicted molar refractivity (Wildman–Crippen MR) is 111 cm³/mol. The lowest BCUT2D eigenvalue weighted by atomic mass is 10.1. The Labute approximate surface area is 167 Å². The van der Waals surface area contributed by atoms with Gasteiger partial charge in [-0.3, -0.25) is 24.3 Å². The standard InChI is InChI=1S/C22H22N4O3/c1-13-6-8-15(9-7-13)12-23-16-4-3-5-17-20(16)22(29)26(14(2)24-17)18-10-11-19(27)25-21(18)28/h3-9,18,23H,10-12H2,1-2H3,(H,25,27,28). The summed E-state index contributed by atoms with van der Waals surface area (Å²) in [6.45, 7) is 4.30. The molecular weight excluding hydrogens is 368 g/mol. The summed E-state index contributed by atoms with van der Waals surface area (Å²) >= 11 is 0. The number of carbonyl (C=O) groups is 2. The zero-order chi connectivity index (χ0) is 20.5. The number of rotatable bonds is 4. The van der Waals surface area contributed by atoms with Gasteiger partial charge in [0.15, 0.2) is 0 Å². The topological polar surface area (TPSA) is 93.1 Å². The number of nitrogens with zero attached hydrogens (tertiary/aromatic N) is 2. The van der Waals surface area contributed by atoms with Crippen molar-refractivity contribution < 1.29 is 9.59 Å². The molecule has 148 valence electrons. The molecule has 7 nitrogen and oxygen atoms in total. The molecule has 3 aromatic rings. The summed E-state index contributed by atoms with van der Waals surface area (Å²) in [6, 6.07) is 12.9. The molecule has 2 N–H and O–H groups in total. The first-order valence-corrected chi connectivity index (χ1v) is 9.59. The minimum atomic E-state index is -0.734. The van der Waals surface area contributed by atoms with E-state index in [9.17, 15) is 14.4 Å². The third-order valence-corrected chi connectivity index (χ3v) is 5.23. The van der Waals surface area contributed by atoms with Crippen molar-refractivity contribution in [3.63, 3.8) is 0 Å². The van der Waals surface area contributed by atoms with Crippen molar-refractivity contribution in [1.29, 1.82) is 0 Å². The molecule has 2 aromatic carbocycles. The van der Waals surface area contributed by atoms with Crippen molar-refractivity contribution in [2.45, 2.75) is 39.3 Å². The molecule has 1 aliphatic heterocycles. The highest BCUT2D eigenvalue weighted by molar-refractivity contribution is 5.99. The normalized spacial score (nSPS) is 16.7. The Bertz CT molecular complexity index is 1170. The van der Waals surface area contributed by atoms with Gasteiger partial charge in [0.1, 0.15) is 11.9 Å². The van der Waals surface area contributed by atoms with Gasteiger partial charge in [0.25, 0.3) is 5.56 Å². The Kier molecular flexibility index (Phi) is 4.88. The van der Waals surface area contributed by atoms with E-state index >= 15 is 0 Å². The van der Waals surface area contributed by atoms with Crippen LogP contribution < -0.4 is 16.2 Å². The highest BCUT2D eigenvalue weighted by Crippen LogP contribution is 2.23. The van der Waals surface area contributed by atoms with Crippen LogP contribution in [0.25, 0.3) is 10.9 Å². The first kappa shape index (κ1) is 18.9. The average molecular weight is 390 g/mol. The second-order valence-corrected chi connectivity index (χ2v) is 7.34. The highest BCUT2D eigenvalue weighted by atomic mass is 16.2. The highest BCUT2D eigenvalue weighted by Gasteiger charge is 2.30. The zero-order valence-electron chi connectivity index (χ0n) is 16.4. The molecule has 1 atom stereocenters. The van der Waals surface area contributed by atoms with Gasteiger partial charge in [-0.15, -0.1) is 0 Å². The van der Waals surface area contributed by atoms with Crippen LogP contribution in [0.3, 0.4) is 0 Å². The molecule has 1 aliphatic rings. The third kappa shape index (κ3) is 3.63. The average Bonchev–Trinajstić information content (AvgIpc) is 2.69. The number of carbonyl (C=O) groups excluding carboxylic acids is 2. The first-order chi connectivity index (χ1) is 13.9. The number of anilines is 1. The summed E-state index contributed by atoms with van der Waals surface area (Å²) in [7, 11) is 0. The van der Waals surface area contributed by atoms with Crippen molar-refractivity contribution in [3.05, 3.63) is 69.8 Å². The van der Waals surface area contributed by atoms with Crippen LogP contribution in [0.4, 0.5) is 5.69 Å². The third-order valence-electron chi connectivity index (χ3n) is 5.23. The van der Waals surface area contributed by atoms with Crippen LogP contribution in [0.15, 0.2) is 47.3 Å². The Morgan fingerprint density at radius 3 is 2.59 bits per heavy atom. The van der Waals surface area contributed by atoms with E-state index in [0.29, 0.717) is 29.0 Å². The largest absolute Gasteiger partial charge is 0.380 e. The summed E-state index contributed by atoms with van der Waals surface area (Å²) in [6.07, 6.45) is 0.491. The zero-order valence-corrected chi connectivity index (χ0v) is 16.4. The number of hydrogen-bond donors (Lipinski definition) is 2. The number of hydrogen-bond acceptors (Lipinski definition) is 5. The minimum absolute atomic E-state index is 0.202. The van der Waals surface area contributed by atoms with Crippen LogP contribution in [0.2, 0.25) is 0 Å². The molecule has 0 saturated carbocycles. The van der Waals surface area contributed by atoms with E-state index in [2.05, 4.69) is 15.6 Å². The lowest BCUT2D eigenvalue weighted by Gasteiger charge is -2.24. The molecule has 1 unspecified atom stereocenters. The van der Waals surface area contributed by atoms with Crippen molar-refractivity contribution in [2.24, 2.45) is 0 Å². The minimum Gasteiger partial charge on any atom is -0.380 e. The van der Waals surface area contributed by atoms with Crippen molar-refractivity contribution in [2.75, 3.05) is 5.32 Å². The van der Waals surface area contributed by atoms with Crippen LogP contribution in [-0.2, 0) is 16.1 Å². The van der Waals surface area contributed by atoms with Gasteiger partial charge in [0, 0.05) is 18.7 Å². The van der Waals surface area contributed by atoms with Gasteiger partial charge < -0.3 is 5.32 Å². The molecule has 7 heteroatoms. The molecule has 2 heterocycles. The maximum atomic E-state index is 13.4. The van der Waals surface area contributed by atoms with Crippen LogP contribution in [0.1, 0.15) is 35.8 Å². The Balaban J connectivity index is 1.74. The summed E-state index contributed by atoms with van der Waals surface area (Å²) in [5.41, 5.74) is 3.24. The van der Waals surface area contributed by atoms with E-state index in [0.717, 1.165) is 5.56 Å². The Morgan fingerprint density at radius 1 is 1.10 bits per heavy atom. The maximum Gasteiger partial charge on any atom is 0.264 e. The lowest BCUT2D eigenvalue weighted by molar-refractivity contribution is -0.135. The van der Waals surface area contributed by atoms with E-state index in [1.165, 1.54) is 10.1 Å². The summed E-state index contributed by atoms with van der Waals surface area (Å²) in [5.74, 6) is -0.323. The van der Waals surface area contributed by atoms with Gasteiger partial charge in [-0.2, -0.15) is 0 Å². The molecule has 0 spiro atoms. The van der Waals surface area contributed by atoms with Crippen molar-refractivity contribution in [3.8, 4) is 0 Å². The van der Waals surface area contributed by atoms with Gasteiger partial charge in [-0.05, 0) is 38.0 Å². The molecular formula is C22H22N4O3. The number of aromatic nitrogens is 2. The van der Waals surface area contributed by atoms with Crippen LogP contribution in [0.5, 0.6) is 0 Å². The van der Waals surface area contributed by atoms with Crippen molar-refractivity contribution in [1.82, 2.24) is 14.9 Å². The van der Waals surface area contributed by atoms with E-state index in [1.54, 1.807) is 13.0 Å². The fraction of sp³-hybridized carbons (Fsp3) is 0.273. The number of fused-ring (bicyclic) bond motifs is 1. The van der Waals surface area contributed by atoms with Crippen LogP contribution in [-0.4, -0.2) is 21.4 Å². The number of aryl methyl sites for hydroxylation is 2. The fourth-order valence-corrected chi connectivity index (χ4v) is 3.70. The van der Waals surface area contributed by atoms with E-state index in [1.807, 2.05) is 43.3 Å². The summed E-state index contributed by atoms with van der Waals surface area (Å²) < 4.78 is 1.40. The number of nitrogens with one attached hydrogen (secondary N) is 2. The second-order valence-electron chi connectivity index (χ2n) is 7.34. The molecule has 1 aromatic heterocycles. The first-order valence-electron chi connectivity index (χ1n) is 9.59. The number of benzene rings is 2. The van der Waals surface area contributed by atoms with Crippen LogP contribution in [0, 0.1) is 13.8 Å². The fourth-order valence-electron chi connectivity index (χ4n) is 3.70. The van der Waals surface area contributed by atoms with Gasteiger partial charge in [-0.25, -0.2) is 4.98 Å². The van der Waals surface area contributed by atoms with Gasteiger partial charge >= 0.3 is 0 Å². The molecule has 0 aliphatic carbocycles. The number of piperidine rings is 1. The predicted octanol–water partition coefficient (Wildman–Crippen LogP) is 2.60. The molecule has 1 saturated heterocycles. The molecule has 2 amide bonds. The molecule has 0 bridgehead atoms. The van der Waals surface area contributed by atoms with Gasteiger partial charge in [-0.1, -0.05) is 35.9 Å². The smallest absolute Gasteiger partial charge is 0.264 e. The summed E-state index contributed by atoms with van der Waals surface area (Å²) in [5, 5.41) is 6.08. The Morgan fingerprint density at radius 2 is 1.86 bits per heavy atom. The second kappa shape index (κ2) is 7.50. The quantitative estimate of drug-likeness (QED) is 0.668.